The van der Waals surface area contributed by atoms with Gasteiger partial charge in [-0.05, 0) is 30.4 Å². The van der Waals surface area contributed by atoms with E-state index < -0.39 is 0 Å². The van der Waals surface area contributed by atoms with E-state index in [0.29, 0.717) is 18.5 Å². The van der Waals surface area contributed by atoms with Gasteiger partial charge < -0.3 is 15.7 Å². The fourth-order valence-corrected chi connectivity index (χ4v) is 1.90. The van der Waals surface area contributed by atoms with Crippen molar-refractivity contribution < 1.29 is 9.90 Å². The molecule has 1 aromatic rings. The van der Waals surface area contributed by atoms with Gasteiger partial charge in [0.15, 0.2) is 0 Å². The van der Waals surface area contributed by atoms with Crippen LogP contribution in [0.3, 0.4) is 0 Å². The smallest absolute Gasteiger partial charge is 0.253 e. The average molecular weight is 278 g/mol. The van der Waals surface area contributed by atoms with E-state index in [2.05, 4.69) is 17.6 Å². The summed E-state index contributed by atoms with van der Waals surface area (Å²) in [6.07, 6.45) is 1.68. The zero-order valence-corrected chi connectivity index (χ0v) is 12.7. The first-order chi connectivity index (χ1) is 9.50. The van der Waals surface area contributed by atoms with Crippen LogP contribution in [0, 0.1) is 5.41 Å². The molecule has 0 spiro atoms. The van der Waals surface area contributed by atoms with Crippen LogP contribution in [0.4, 0.5) is 5.69 Å². The van der Waals surface area contributed by atoms with Gasteiger partial charge in [-0.15, -0.1) is 0 Å². The van der Waals surface area contributed by atoms with Crippen molar-refractivity contribution in [1.82, 2.24) is 5.32 Å². The van der Waals surface area contributed by atoms with Crippen LogP contribution in [0.15, 0.2) is 24.3 Å². The maximum atomic E-state index is 12.3. The Bertz CT molecular complexity index is 430. The van der Waals surface area contributed by atoms with Gasteiger partial charge >= 0.3 is 0 Å². The molecule has 0 aromatic heterocycles. The van der Waals surface area contributed by atoms with Crippen molar-refractivity contribution in [2.45, 2.75) is 33.6 Å². The van der Waals surface area contributed by atoms with Gasteiger partial charge in [0.25, 0.3) is 5.91 Å². The normalized spacial score (nSPS) is 11.2. The summed E-state index contributed by atoms with van der Waals surface area (Å²) in [5, 5.41) is 15.2. The number of benzene rings is 1. The van der Waals surface area contributed by atoms with E-state index >= 15 is 0 Å². The molecule has 0 aliphatic rings. The highest BCUT2D eigenvalue weighted by Gasteiger charge is 2.19. The standard InChI is InChI=1S/C16H26N2O2/c1-4-10-17-14-8-6-5-7-13(14)15(20)18-12-16(2,3)9-11-19/h5-8,17,19H,4,9-12H2,1-3H3,(H,18,20). The molecule has 0 heterocycles. The Morgan fingerprint density at radius 3 is 2.65 bits per heavy atom. The zero-order chi connectivity index (χ0) is 15.0. The highest BCUT2D eigenvalue weighted by molar-refractivity contribution is 5.99. The minimum Gasteiger partial charge on any atom is -0.396 e. The molecule has 20 heavy (non-hydrogen) atoms. The minimum atomic E-state index is -0.101. The third kappa shape index (κ3) is 5.21. The summed E-state index contributed by atoms with van der Waals surface area (Å²) in [5.41, 5.74) is 1.43. The van der Waals surface area contributed by atoms with Crippen LogP contribution >= 0.6 is 0 Å². The number of rotatable bonds is 8. The molecule has 1 rings (SSSR count). The number of aliphatic hydroxyl groups is 1. The second-order valence-corrected chi connectivity index (χ2v) is 5.79. The van der Waals surface area contributed by atoms with E-state index in [1.54, 1.807) is 0 Å². The summed E-state index contributed by atoms with van der Waals surface area (Å²) < 4.78 is 0. The highest BCUT2D eigenvalue weighted by Crippen LogP contribution is 2.19. The van der Waals surface area contributed by atoms with E-state index in [0.717, 1.165) is 18.7 Å². The van der Waals surface area contributed by atoms with Crippen LogP contribution in [0.1, 0.15) is 44.0 Å². The Balaban J connectivity index is 2.67. The van der Waals surface area contributed by atoms with Gasteiger partial charge in [-0.25, -0.2) is 0 Å². The minimum absolute atomic E-state index is 0.0739. The van der Waals surface area contributed by atoms with Gasteiger partial charge in [-0.3, -0.25) is 4.79 Å². The van der Waals surface area contributed by atoms with Gasteiger partial charge in [0, 0.05) is 25.4 Å². The highest BCUT2D eigenvalue weighted by atomic mass is 16.3. The second-order valence-electron chi connectivity index (χ2n) is 5.79. The molecule has 0 bridgehead atoms. The third-order valence-electron chi connectivity index (χ3n) is 3.25. The lowest BCUT2D eigenvalue weighted by atomic mass is 9.89. The van der Waals surface area contributed by atoms with Crippen molar-refractivity contribution in [1.29, 1.82) is 0 Å². The van der Waals surface area contributed by atoms with E-state index in [-0.39, 0.29) is 17.9 Å². The molecule has 0 radical (unpaired) electrons. The third-order valence-corrected chi connectivity index (χ3v) is 3.25. The molecule has 4 nitrogen and oxygen atoms in total. The number of para-hydroxylation sites is 1. The van der Waals surface area contributed by atoms with E-state index in [1.807, 2.05) is 38.1 Å². The molecule has 0 aliphatic carbocycles. The quantitative estimate of drug-likeness (QED) is 0.685. The lowest BCUT2D eigenvalue weighted by Gasteiger charge is -2.24. The number of aliphatic hydroxyl groups excluding tert-OH is 1. The summed E-state index contributed by atoms with van der Waals surface area (Å²) >= 11 is 0. The first kappa shape index (κ1) is 16.5. The van der Waals surface area contributed by atoms with Crippen LogP contribution in [-0.4, -0.2) is 30.7 Å². The van der Waals surface area contributed by atoms with Crippen LogP contribution in [-0.2, 0) is 0 Å². The molecule has 0 unspecified atom stereocenters. The molecule has 0 aliphatic heterocycles. The number of anilines is 1. The Labute approximate surface area is 121 Å². The SMILES string of the molecule is CCCNc1ccccc1C(=O)NCC(C)(C)CCO. The number of nitrogens with one attached hydrogen (secondary N) is 2. The predicted molar refractivity (Wildman–Crippen MR) is 83.0 cm³/mol. The van der Waals surface area contributed by atoms with Gasteiger partial charge in [0.05, 0.1) is 5.56 Å². The molecular weight excluding hydrogens is 252 g/mol. The number of carbonyl (C=O) groups excluding carboxylic acids is 1. The summed E-state index contributed by atoms with van der Waals surface area (Å²) in [5.74, 6) is -0.0739. The Kier molecular flexibility index (Phi) is 6.52. The number of carbonyl (C=O) groups is 1. The van der Waals surface area contributed by atoms with E-state index in [1.165, 1.54) is 0 Å². The zero-order valence-electron chi connectivity index (χ0n) is 12.7. The molecule has 4 heteroatoms. The number of amides is 1. The monoisotopic (exact) mass is 278 g/mol. The molecule has 0 saturated heterocycles. The lowest BCUT2D eigenvalue weighted by molar-refractivity contribution is 0.0929. The van der Waals surface area contributed by atoms with Gasteiger partial charge in [0.1, 0.15) is 0 Å². The summed E-state index contributed by atoms with van der Waals surface area (Å²) in [6.45, 7) is 7.69. The molecule has 0 atom stereocenters. The molecule has 1 amide bonds. The maximum Gasteiger partial charge on any atom is 0.253 e. The first-order valence-corrected chi connectivity index (χ1v) is 7.22. The summed E-state index contributed by atoms with van der Waals surface area (Å²) in [6, 6.07) is 7.53. The Morgan fingerprint density at radius 1 is 1.30 bits per heavy atom. The Hall–Kier alpha value is -1.55. The van der Waals surface area contributed by atoms with Crippen LogP contribution in [0.25, 0.3) is 0 Å². The van der Waals surface area contributed by atoms with Gasteiger partial charge in [-0.2, -0.15) is 0 Å². The molecule has 3 N–H and O–H groups in total. The van der Waals surface area contributed by atoms with Crippen molar-refractivity contribution >= 4 is 11.6 Å². The van der Waals surface area contributed by atoms with Crippen molar-refractivity contribution in [3.8, 4) is 0 Å². The molecule has 112 valence electrons. The maximum absolute atomic E-state index is 12.3. The van der Waals surface area contributed by atoms with Gasteiger partial charge in [0.2, 0.25) is 0 Å². The van der Waals surface area contributed by atoms with Crippen LogP contribution in [0.5, 0.6) is 0 Å². The topological polar surface area (TPSA) is 61.4 Å². The van der Waals surface area contributed by atoms with Crippen molar-refractivity contribution in [3.63, 3.8) is 0 Å². The largest absolute Gasteiger partial charge is 0.396 e. The second kappa shape index (κ2) is 7.90. The summed E-state index contributed by atoms with van der Waals surface area (Å²) in [7, 11) is 0. The number of hydrogen-bond acceptors (Lipinski definition) is 3. The lowest BCUT2D eigenvalue weighted by Crippen LogP contribution is -2.34. The first-order valence-electron chi connectivity index (χ1n) is 7.22. The average Bonchev–Trinajstić information content (AvgIpc) is 2.43. The number of hydrogen-bond donors (Lipinski definition) is 3. The van der Waals surface area contributed by atoms with Crippen molar-refractivity contribution in [2.75, 3.05) is 25.0 Å². The van der Waals surface area contributed by atoms with Gasteiger partial charge in [-0.1, -0.05) is 32.9 Å². The summed E-state index contributed by atoms with van der Waals surface area (Å²) in [4.78, 5) is 12.3. The van der Waals surface area contributed by atoms with E-state index in [4.69, 9.17) is 5.11 Å². The predicted octanol–water partition coefficient (Wildman–Crippen LogP) is 2.65. The van der Waals surface area contributed by atoms with Crippen LogP contribution < -0.4 is 10.6 Å². The molecule has 0 fully saturated rings. The molecule has 0 saturated carbocycles. The fraction of sp³-hybridized carbons (Fsp3) is 0.562. The Morgan fingerprint density at radius 2 is 2.00 bits per heavy atom. The van der Waals surface area contributed by atoms with Crippen molar-refractivity contribution in [2.24, 2.45) is 5.41 Å². The van der Waals surface area contributed by atoms with E-state index in [9.17, 15) is 4.79 Å². The van der Waals surface area contributed by atoms with Crippen LogP contribution in [0.2, 0.25) is 0 Å². The van der Waals surface area contributed by atoms with Crippen molar-refractivity contribution in [3.05, 3.63) is 29.8 Å². The molecule has 1 aromatic carbocycles. The molecular formula is C16H26N2O2. The fourth-order valence-electron chi connectivity index (χ4n) is 1.90.